The zero-order valence-electron chi connectivity index (χ0n) is 16.7. The van der Waals surface area contributed by atoms with Crippen molar-refractivity contribution in [3.05, 3.63) is 89.7 Å². The normalized spacial score (nSPS) is 12.6. The molecule has 0 fully saturated rings. The molecule has 0 amide bonds. The van der Waals surface area contributed by atoms with Crippen molar-refractivity contribution in [2.45, 2.75) is 16.0 Å². The van der Waals surface area contributed by atoms with E-state index in [1.165, 1.54) is 0 Å². The fourth-order valence-corrected chi connectivity index (χ4v) is 5.11. The molecule has 0 atom stereocenters. The molecular formula is C23H17F3N2O2S2. The fraction of sp³-hybridized carbons (Fsp3) is 0.0870. The number of hydrogen-bond acceptors (Lipinski definition) is 4. The number of benzene rings is 3. The summed E-state index contributed by atoms with van der Waals surface area (Å²) >= 11 is 1.60. The monoisotopic (exact) mass is 474 g/mol. The van der Waals surface area contributed by atoms with Crippen LogP contribution in [-0.2, 0) is 16.2 Å². The number of alkyl halides is 3. The molecule has 0 aliphatic carbocycles. The Morgan fingerprint density at radius 2 is 1.66 bits per heavy atom. The molecule has 0 saturated carbocycles. The van der Waals surface area contributed by atoms with Gasteiger partial charge in [0.2, 0.25) is 0 Å². The van der Waals surface area contributed by atoms with Gasteiger partial charge in [0.15, 0.2) is 0 Å². The lowest BCUT2D eigenvalue weighted by Crippen LogP contribution is -2.16. The van der Waals surface area contributed by atoms with E-state index in [0.29, 0.717) is 11.6 Å². The second kappa shape index (κ2) is 8.48. The van der Waals surface area contributed by atoms with Crippen molar-refractivity contribution < 1.29 is 21.6 Å². The van der Waals surface area contributed by atoms with Gasteiger partial charge in [0.1, 0.15) is 5.82 Å². The zero-order chi connectivity index (χ0) is 22.9. The molecule has 3 aromatic carbocycles. The highest BCUT2D eigenvalue weighted by Gasteiger charge is 2.32. The van der Waals surface area contributed by atoms with E-state index < -0.39 is 26.7 Å². The van der Waals surface area contributed by atoms with Gasteiger partial charge in [0.25, 0.3) is 10.0 Å². The Balaban J connectivity index is 1.85. The molecule has 0 saturated heterocycles. The smallest absolute Gasteiger partial charge is 0.228 e. The maximum absolute atomic E-state index is 13.4. The topological polar surface area (TPSA) is 52.0 Å². The van der Waals surface area contributed by atoms with Gasteiger partial charge < -0.3 is 0 Å². The summed E-state index contributed by atoms with van der Waals surface area (Å²) < 4.78 is 67.3. The quantitative estimate of drug-likeness (QED) is 0.324. The van der Waals surface area contributed by atoms with Gasteiger partial charge in [-0.25, -0.2) is 17.4 Å². The Morgan fingerprint density at radius 3 is 2.34 bits per heavy atom. The molecule has 0 aliphatic heterocycles. The molecule has 9 heteroatoms. The summed E-state index contributed by atoms with van der Waals surface area (Å²) in [6.45, 7) is 0. The highest BCUT2D eigenvalue weighted by atomic mass is 32.2. The maximum atomic E-state index is 13.4. The molecule has 0 radical (unpaired) electrons. The standard InChI is InChI=1S/C23H17F3N2O2S2/c1-31-18-12-9-16(10-13-18)11-14-22-27-20-7-2-3-8-21(20)28(22)32(29,30)19-6-4-5-17(15-19)23(24,25)26/h2-15H,1H3/b14-11+. The van der Waals surface area contributed by atoms with E-state index in [1.54, 1.807) is 48.2 Å². The van der Waals surface area contributed by atoms with Crippen molar-refractivity contribution in [2.24, 2.45) is 0 Å². The second-order valence-electron chi connectivity index (χ2n) is 6.86. The SMILES string of the molecule is CSc1ccc(/C=C/c2nc3ccccc3n2S(=O)(=O)c2cccc(C(F)(F)F)c2)cc1. The lowest BCUT2D eigenvalue weighted by Gasteiger charge is -2.12. The van der Waals surface area contributed by atoms with Crippen molar-refractivity contribution in [1.82, 2.24) is 8.96 Å². The van der Waals surface area contributed by atoms with Gasteiger partial charge in [-0.3, -0.25) is 0 Å². The minimum absolute atomic E-state index is 0.0950. The van der Waals surface area contributed by atoms with Gasteiger partial charge in [-0.2, -0.15) is 13.2 Å². The summed E-state index contributed by atoms with van der Waals surface area (Å²) in [5, 5.41) is 0. The molecular weight excluding hydrogens is 457 g/mol. The fourth-order valence-electron chi connectivity index (χ4n) is 3.20. The van der Waals surface area contributed by atoms with Crippen LogP contribution in [0, 0.1) is 0 Å². The number of thioether (sulfide) groups is 1. The first-order valence-electron chi connectivity index (χ1n) is 9.42. The van der Waals surface area contributed by atoms with Crippen LogP contribution >= 0.6 is 11.8 Å². The predicted octanol–water partition coefficient (Wildman–Crippen LogP) is 6.18. The minimum atomic E-state index is -4.66. The molecule has 4 rings (SSSR count). The van der Waals surface area contributed by atoms with Crippen LogP contribution in [0.3, 0.4) is 0 Å². The van der Waals surface area contributed by atoms with E-state index >= 15 is 0 Å². The van der Waals surface area contributed by atoms with E-state index in [1.807, 2.05) is 30.5 Å². The molecule has 0 bridgehead atoms. The highest BCUT2D eigenvalue weighted by Crippen LogP contribution is 2.32. The summed E-state index contributed by atoms with van der Waals surface area (Å²) in [5.74, 6) is 0.0950. The molecule has 0 N–H and O–H groups in total. The average Bonchev–Trinajstić information content (AvgIpc) is 3.17. The molecule has 4 nitrogen and oxygen atoms in total. The summed E-state index contributed by atoms with van der Waals surface area (Å²) in [6, 6.07) is 17.9. The van der Waals surface area contributed by atoms with Gasteiger partial charge in [-0.1, -0.05) is 36.4 Å². The largest absolute Gasteiger partial charge is 0.416 e. The van der Waals surface area contributed by atoms with Crippen molar-refractivity contribution in [3.63, 3.8) is 0 Å². The first-order valence-corrected chi connectivity index (χ1v) is 12.1. The number of hydrogen-bond donors (Lipinski definition) is 0. The predicted molar refractivity (Wildman–Crippen MR) is 121 cm³/mol. The van der Waals surface area contributed by atoms with E-state index in [9.17, 15) is 21.6 Å². The summed E-state index contributed by atoms with van der Waals surface area (Å²) in [7, 11) is -4.35. The Kier molecular flexibility index (Phi) is 5.87. The summed E-state index contributed by atoms with van der Waals surface area (Å²) in [5.41, 5.74) is 0.495. The Morgan fingerprint density at radius 1 is 0.938 bits per heavy atom. The van der Waals surface area contributed by atoms with E-state index in [0.717, 1.165) is 32.6 Å². The Bertz CT molecular complexity index is 1410. The number of imidazole rings is 1. The van der Waals surface area contributed by atoms with Crippen molar-refractivity contribution in [3.8, 4) is 0 Å². The maximum Gasteiger partial charge on any atom is 0.416 e. The van der Waals surface area contributed by atoms with Crippen molar-refractivity contribution in [1.29, 1.82) is 0 Å². The Hall–Kier alpha value is -3.04. The lowest BCUT2D eigenvalue weighted by molar-refractivity contribution is -0.137. The average molecular weight is 475 g/mol. The van der Waals surface area contributed by atoms with Crippen LogP contribution in [0.1, 0.15) is 17.0 Å². The minimum Gasteiger partial charge on any atom is -0.228 e. The van der Waals surface area contributed by atoms with Crippen LogP contribution in [0.4, 0.5) is 13.2 Å². The molecule has 0 unspecified atom stereocenters. The van der Waals surface area contributed by atoms with Gasteiger partial charge in [-0.15, -0.1) is 11.8 Å². The third kappa shape index (κ3) is 4.31. The van der Waals surface area contributed by atoms with Crippen molar-refractivity contribution in [2.75, 3.05) is 6.26 Å². The molecule has 32 heavy (non-hydrogen) atoms. The molecule has 1 heterocycles. The van der Waals surface area contributed by atoms with Crippen LogP contribution < -0.4 is 0 Å². The number of halogens is 3. The van der Waals surface area contributed by atoms with Crippen LogP contribution in [-0.4, -0.2) is 23.6 Å². The van der Waals surface area contributed by atoms with Gasteiger partial charge >= 0.3 is 6.18 Å². The van der Waals surface area contributed by atoms with Crippen LogP contribution in [0.2, 0.25) is 0 Å². The van der Waals surface area contributed by atoms with Crippen molar-refractivity contribution >= 4 is 45.0 Å². The van der Waals surface area contributed by atoms with Crippen LogP contribution in [0.5, 0.6) is 0 Å². The molecule has 4 aromatic rings. The number of para-hydroxylation sites is 2. The number of fused-ring (bicyclic) bond motifs is 1. The lowest BCUT2D eigenvalue weighted by atomic mass is 10.2. The summed E-state index contributed by atoms with van der Waals surface area (Å²) in [4.78, 5) is 5.02. The molecule has 1 aromatic heterocycles. The van der Waals surface area contributed by atoms with E-state index in [-0.39, 0.29) is 11.3 Å². The van der Waals surface area contributed by atoms with Gasteiger partial charge in [0.05, 0.1) is 21.5 Å². The van der Waals surface area contributed by atoms with E-state index in [4.69, 9.17) is 0 Å². The first kappa shape index (κ1) is 22.2. The third-order valence-corrected chi connectivity index (χ3v) is 7.24. The molecule has 164 valence electrons. The second-order valence-corrected chi connectivity index (χ2v) is 9.53. The first-order chi connectivity index (χ1) is 15.2. The van der Waals surface area contributed by atoms with Gasteiger partial charge in [0, 0.05) is 4.90 Å². The number of rotatable bonds is 5. The zero-order valence-corrected chi connectivity index (χ0v) is 18.4. The Labute approximate surface area is 187 Å². The number of nitrogens with zero attached hydrogens (tertiary/aromatic N) is 2. The van der Waals surface area contributed by atoms with Gasteiger partial charge in [-0.05, 0) is 60.4 Å². The van der Waals surface area contributed by atoms with E-state index in [2.05, 4.69) is 4.98 Å². The highest BCUT2D eigenvalue weighted by molar-refractivity contribution is 7.98. The van der Waals surface area contributed by atoms with Crippen LogP contribution in [0.15, 0.2) is 82.6 Å². The molecule has 0 aliphatic rings. The number of aromatic nitrogens is 2. The summed E-state index contributed by atoms with van der Waals surface area (Å²) in [6.07, 6.45) is 0.558. The third-order valence-electron chi connectivity index (χ3n) is 4.78. The van der Waals surface area contributed by atoms with Crippen LogP contribution in [0.25, 0.3) is 23.2 Å². The molecule has 0 spiro atoms.